The van der Waals surface area contributed by atoms with E-state index in [1.54, 1.807) is 18.2 Å². The minimum absolute atomic E-state index is 0.485. The van der Waals surface area contributed by atoms with Crippen molar-refractivity contribution in [3.05, 3.63) is 59.7 Å². The van der Waals surface area contributed by atoms with Crippen LogP contribution >= 0.6 is 0 Å². The number of ether oxygens (including phenoxy) is 1. The molecule has 0 aliphatic heterocycles. The van der Waals surface area contributed by atoms with E-state index >= 15 is 0 Å². The van der Waals surface area contributed by atoms with E-state index in [0.29, 0.717) is 12.1 Å². The SMILES string of the molecule is Cc1cc(B(O)O)ccc1OCCCc1ccccc1. The van der Waals surface area contributed by atoms with Crippen molar-refractivity contribution in [1.82, 2.24) is 0 Å². The van der Waals surface area contributed by atoms with Crippen LogP contribution in [0.2, 0.25) is 0 Å². The van der Waals surface area contributed by atoms with E-state index in [0.717, 1.165) is 24.2 Å². The maximum Gasteiger partial charge on any atom is 0.488 e. The molecule has 0 amide bonds. The van der Waals surface area contributed by atoms with Crippen molar-refractivity contribution < 1.29 is 14.8 Å². The van der Waals surface area contributed by atoms with Gasteiger partial charge in [-0.1, -0.05) is 42.5 Å². The molecule has 0 saturated heterocycles. The van der Waals surface area contributed by atoms with Gasteiger partial charge in [-0.3, -0.25) is 0 Å². The van der Waals surface area contributed by atoms with Crippen LogP contribution in [0.4, 0.5) is 0 Å². The molecule has 0 radical (unpaired) electrons. The Balaban J connectivity index is 1.82. The van der Waals surface area contributed by atoms with Crippen LogP contribution in [0, 0.1) is 6.92 Å². The third-order valence-corrected chi connectivity index (χ3v) is 3.21. The fourth-order valence-corrected chi connectivity index (χ4v) is 2.10. The van der Waals surface area contributed by atoms with Crippen LogP contribution in [-0.2, 0) is 6.42 Å². The van der Waals surface area contributed by atoms with Crippen LogP contribution < -0.4 is 10.2 Å². The van der Waals surface area contributed by atoms with E-state index < -0.39 is 7.12 Å². The Labute approximate surface area is 120 Å². The van der Waals surface area contributed by atoms with E-state index in [1.165, 1.54) is 5.56 Å². The van der Waals surface area contributed by atoms with Gasteiger partial charge >= 0.3 is 7.12 Å². The molecule has 0 aliphatic carbocycles. The number of benzene rings is 2. The Morgan fingerprint density at radius 1 is 1.05 bits per heavy atom. The molecule has 0 bridgehead atoms. The number of rotatable bonds is 6. The highest BCUT2D eigenvalue weighted by Gasteiger charge is 2.12. The lowest BCUT2D eigenvalue weighted by Gasteiger charge is -2.10. The average Bonchev–Trinajstić information content (AvgIpc) is 2.46. The molecule has 0 heterocycles. The van der Waals surface area contributed by atoms with Gasteiger partial charge in [0.05, 0.1) is 6.61 Å². The van der Waals surface area contributed by atoms with Crippen molar-refractivity contribution in [3.8, 4) is 5.75 Å². The molecule has 0 spiro atoms. The smallest absolute Gasteiger partial charge is 0.488 e. The largest absolute Gasteiger partial charge is 0.493 e. The van der Waals surface area contributed by atoms with Crippen molar-refractivity contribution in [2.75, 3.05) is 6.61 Å². The topological polar surface area (TPSA) is 49.7 Å². The van der Waals surface area contributed by atoms with Crippen LogP contribution in [0.3, 0.4) is 0 Å². The number of hydrogen-bond donors (Lipinski definition) is 2. The fraction of sp³-hybridized carbons (Fsp3) is 0.250. The second-order valence-electron chi connectivity index (χ2n) is 4.84. The molecule has 0 aliphatic rings. The first-order valence-electron chi connectivity index (χ1n) is 6.80. The van der Waals surface area contributed by atoms with Crippen molar-refractivity contribution in [3.63, 3.8) is 0 Å². The first-order chi connectivity index (χ1) is 9.66. The Kier molecular flexibility index (Phi) is 5.21. The van der Waals surface area contributed by atoms with Gasteiger partial charge in [0.2, 0.25) is 0 Å². The first kappa shape index (κ1) is 14.6. The highest BCUT2D eigenvalue weighted by atomic mass is 16.5. The van der Waals surface area contributed by atoms with Crippen LogP contribution in [-0.4, -0.2) is 23.8 Å². The van der Waals surface area contributed by atoms with E-state index in [-0.39, 0.29) is 0 Å². The Morgan fingerprint density at radius 2 is 1.80 bits per heavy atom. The summed E-state index contributed by atoms with van der Waals surface area (Å²) in [5.74, 6) is 0.794. The first-order valence-corrected chi connectivity index (χ1v) is 6.80. The summed E-state index contributed by atoms with van der Waals surface area (Å²) in [4.78, 5) is 0. The third kappa shape index (κ3) is 4.12. The molecule has 20 heavy (non-hydrogen) atoms. The predicted octanol–water partition coefficient (Wildman–Crippen LogP) is 1.69. The van der Waals surface area contributed by atoms with Gasteiger partial charge in [0.15, 0.2) is 0 Å². The van der Waals surface area contributed by atoms with Gasteiger partial charge < -0.3 is 14.8 Å². The molecule has 4 heteroatoms. The summed E-state index contributed by atoms with van der Waals surface area (Å²) in [6.45, 7) is 2.55. The van der Waals surface area contributed by atoms with E-state index in [4.69, 9.17) is 14.8 Å². The molecule has 0 aromatic heterocycles. The van der Waals surface area contributed by atoms with Gasteiger partial charge in [-0.05, 0) is 42.4 Å². The molecule has 2 N–H and O–H groups in total. The molecular weight excluding hydrogens is 251 g/mol. The monoisotopic (exact) mass is 270 g/mol. The predicted molar refractivity (Wildman–Crippen MR) is 81.3 cm³/mol. The molecule has 0 unspecified atom stereocenters. The Bertz CT molecular complexity index is 541. The standard InChI is InChI=1S/C16H19BO3/c1-13-12-15(17(18)19)9-10-16(13)20-11-5-8-14-6-3-2-4-7-14/h2-4,6-7,9-10,12,18-19H,5,8,11H2,1H3. The maximum atomic E-state index is 9.09. The van der Waals surface area contributed by atoms with Crippen LogP contribution in [0.15, 0.2) is 48.5 Å². The molecule has 0 atom stereocenters. The highest BCUT2D eigenvalue weighted by Crippen LogP contribution is 2.16. The second kappa shape index (κ2) is 7.13. The van der Waals surface area contributed by atoms with E-state index in [1.807, 2.05) is 25.1 Å². The highest BCUT2D eigenvalue weighted by molar-refractivity contribution is 6.58. The molecule has 0 fully saturated rings. The average molecular weight is 270 g/mol. The van der Waals surface area contributed by atoms with E-state index in [2.05, 4.69) is 12.1 Å². The van der Waals surface area contributed by atoms with Crippen molar-refractivity contribution in [2.24, 2.45) is 0 Å². The molecule has 3 nitrogen and oxygen atoms in total. The Morgan fingerprint density at radius 3 is 2.45 bits per heavy atom. The number of aryl methyl sites for hydroxylation is 2. The lowest BCUT2D eigenvalue weighted by atomic mass is 9.79. The second-order valence-corrected chi connectivity index (χ2v) is 4.84. The summed E-state index contributed by atoms with van der Waals surface area (Å²) < 4.78 is 5.73. The summed E-state index contributed by atoms with van der Waals surface area (Å²) in [5.41, 5.74) is 2.71. The summed E-state index contributed by atoms with van der Waals surface area (Å²) >= 11 is 0. The minimum atomic E-state index is -1.43. The summed E-state index contributed by atoms with van der Waals surface area (Å²) in [6.07, 6.45) is 1.95. The molecule has 104 valence electrons. The quantitative estimate of drug-likeness (QED) is 0.620. The molecule has 0 saturated carbocycles. The van der Waals surface area contributed by atoms with Gasteiger partial charge in [-0.25, -0.2) is 0 Å². The van der Waals surface area contributed by atoms with Crippen molar-refractivity contribution in [2.45, 2.75) is 19.8 Å². The lowest BCUT2D eigenvalue weighted by Crippen LogP contribution is -2.29. The molecular formula is C16H19BO3. The zero-order valence-electron chi connectivity index (χ0n) is 11.6. The molecule has 2 aromatic rings. The molecule has 2 aromatic carbocycles. The van der Waals surface area contributed by atoms with Gasteiger partial charge in [-0.15, -0.1) is 0 Å². The maximum absolute atomic E-state index is 9.09. The van der Waals surface area contributed by atoms with Gasteiger partial charge in [0, 0.05) is 0 Å². The Hall–Kier alpha value is -1.78. The van der Waals surface area contributed by atoms with Crippen LogP contribution in [0.25, 0.3) is 0 Å². The van der Waals surface area contributed by atoms with Crippen LogP contribution in [0.5, 0.6) is 5.75 Å². The van der Waals surface area contributed by atoms with Crippen molar-refractivity contribution >= 4 is 12.6 Å². The van der Waals surface area contributed by atoms with Gasteiger partial charge in [-0.2, -0.15) is 0 Å². The van der Waals surface area contributed by atoms with E-state index in [9.17, 15) is 0 Å². The summed E-state index contributed by atoms with van der Waals surface area (Å²) in [7, 11) is -1.43. The van der Waals surface area contributed by atoms with Gasteiger partial charge in [0.25, 0.3) is 0 Å². The molecule has 2 rings (SSSR count). The zero-order chi connectivity index (χ0) is 14.4. The minimum Gasteiger partial charge on any atom is -0.493 e. The van der Waals surface area contributed by atoms with Gasteiger partial charge in [0.1, 0.15) is 5.75 Å². The lowest BCUT2D eigenvalue weighted by molar-refractivity contribution is 0.309. The summed E-state index contributed by atoms with van der Waals surface area (Å²) in [5, 5.41) is 18.2. The summed E-state index contributed by atoms with van der Waals surface area (Å²) in [6, 6.07) is 15.5. The number of hydrogen-bond acceptors (Lipinski definition) is 3. The van der Waals surface area contributed by atoms with Crippen molar-refractivity contribution in [1.29, 1.82) is 0 Å². The normalized spacial score (nSPS) is 10.3. The zero-order valence-corrected chi connectivity index (χ0v) is 11.6. The fourth-order valence-electron chi connectivity index (χ4n) is 2.10. The van der Waals surface area contributed by atoms with Crippen LogP contribution in [0.1, 0.15) is 17.5 Å². The third-order valence-electron chi connectivity index (χ3n) is 3.21.